The molecule has 2 N–H and O–H groups in total. The van der Waals surface area contributed by atoms with Crippen LogP contribution in [0.4, 0.5) is 5.82 Å². The van der Waals surface area contributed by atoms with E-state index in [-0.39, 0.29) is 17.7 Å². The highest BCUT2D eigenvalue weighted by atomic mass is 35.5. The van der Waals surface area contributed by atoms with Crippen molar-refractivity contribution in [3.8, 4) is 0 Å². The molecule has 1 aromatic heterocycles. The number of hydrogen-bond donors (Lipinski definition) is 2. The largest absolute Gasteiger partial charge is 0.384 e. The van der Waals surface area contributed by atoms with Gasteiger partial charge in [-0.2, -0.15) is 0 Å². The number of aliphatic hydroxyl groups is 1. The molecule has 2 aromatic rings. The van der Waals surface area contributed by atoms with Gasteiger partial charge in [0.1, 0.15) is 17.7 Å². The highest BCUT2D eigenvalue weighted by Crippen LogP contribution is 2.46. The van der Waals surface area contributed by atoms with E-state index in [0.717, 1.165) is 22.6 Å². The smallest absolute Gasteiger partial charge is 0.231 e. The van der Waals surface area contributed by atoms with Crippen LogP contribution in [-0.4, -0.2) is 64.6 Å². The van der Waals surface area contributed by atoms with Crippen molar-refractivity contribution in [2.24, 2.45) is 0 Å². The summed E-state index contributed by atoms with van der Waals surface area (Å²) in [6.45, 7) is 11.4. The molecule has 1 aliphatic heterocycles. The number of amides is 1. The van der Waals surface area contributed by atoms with Gasteiger partial charge in [-0.1, -0.05) is 44.5 Å². The lowest BCUT2D eigenvalue weighted by Gasteiger charge is -2.38. The van der Waals surface area contributed by atoms with E-state index >= 15 is 0 Å². The van der Waals surface area contributed by atoms with Gasteiger partial charge in [0.05, 0.1) is 11.6 Å². The van der Waals surface area contributed by atoms with Crippen LogP contribution in [0.25, 0.3) is 0 Å². The predicted octanol–water partition coefficient (Wildman–Crippen LogP) is 3.28. The van der Waals surface area contributed by atoms with E-state index in [1.165, 1.54) is 0 Å². The molecule has 1 fully saturated rings. The van der Waals surface area contributed by atoms with E-state index in [2.05, 4.69) is 41.0 Å². The van der Waals surface area contributed by atoms with Gasteiger partial charge in [-0.05, 0) is 37.0 Å². The van der Waals surface area contributed by atoms with Gasteiger partial charge in [-0.25, -0.2) is 9.97 Å². The highest BCUT2D eigenvalue weighted by Gasteiger charge is 2.41. The average Bonchev–Trinajstić information content (AvgIpc) is 3.03. The fourth-order valence-corrected chi connectivity index (χ4v) is 5.20. The van der Waals surface area contributed by atoms with E-state index in [9.17, 15) is 9.90 Å². The summed E-state index contributed by atoms with van der Waals surface area (Å²) in [6.07, 6.45) is 2.20. The van der Waals surface area contributed by atoms with E-state index in [1.54, 1.807) is 6.33 Å². The van der Waals surface area contributed by atoms with Crippen molar-refractivity contribution >= 4 is 23.3 Å². The number of carbonyl (C=O) groups excluding carboxylic acids is 1. The van der Waals surface area contributed by atoms with Crippen LogP contribution >= 0.6 is 11.6 Å². The molecule has 0 saturated carbocycles. The molecule has 3 atom stereocenters. The van der Waals surface area contributed by atoms with Crippen molar-refractivity contribution in [2.75, 3.05) is 37.6 Å². The van der Waals surface area contributed by atoms with Gasteiger partial charge in [-0.3, -0.25) is 4.79 Å². The minimum Gasteiger partial charge on any atom is -0.384 e. The number of nitrogens with one attached hydrogen (secondary N) is 1. The molecule has 0 radical (unpaired) electrons. The van der Waals surface area contributed by atoms with Crippen LogP contribution in [0.5, 0.6) is 0 Å². The quantitative estimate of drug-likeness (QED) is 0.673. The molecule has 0 spiro atoms. The summed E-state index contributed by atoms with van der Waals surface area (Å²) in [4.78, 5) is 26.7. The Bertz CT molecular complexity index is 987. The minimum absolute atomic E-state index is 0.134. The van der Waals surface area contributed by atoms with E-state index in [1.807, 2.05) is 36.1 Å². The lowest BCUT2D eigenvalue weighted by atomic mass is 9.96. The van der Waals surface area contributed by atoms with Gasteiger partial charge < -0.3 is 20.2 Å². The number of nitrogens with zero attached hydrogens (tertiary/aromatic N) is 4. The van der Waals surface area contributed by atoms with Gasteiger partial charge in [0.15, 0.2) is 0 Å². The Hall–Kier alpha value is -2.22. The number of anilines is 1. The standard InChI is InChI=1S/C25H34ClN5O2/c1-16(2)27-14-20(18-5-7-19(26)8-6-18)24(32)31-11-9-30(10-12-31)23-21-17(3)13-25(4,33)22(21)28-15-29-23/h5-8,15-17,20,27,33H,9-14H2,1-4H3/t17-,20?,25?/m1/s1. The molecule has 1 aliphatic carbocycles. The molecule has 2 unspecified atom stereocenters. The molecule has 178 valence electrons. The summed E-state index contributed by atoms with van der Waals surface area (Å²) in [5.41, 5.74) is 1.84. The fraction of sp³-hybridized carbons (Fsp3) is 0.560. The molecule has 0 bridgehead atoms. The van der Waals surface area contributed by atoms with E-state index in [4.69, 9.17) is 11.6 Å². The first-order valence-electron chi connectivity index (χ1n) is 11.8. The lowest BCUT2D eigenvalue weighted by Crippen LogP contribution is -2.51. The molecule has 33 heavy (non-hydrogen) atoms. The molecule has 2 heterocycles. The zero-order chi connectivity index (χ0) is 23.8. The summed E-state index contributed by atoms with van der Waals surface area (Å²) in [5.74, 6) is 0.972. The lowest BCUT2D eigenvalue weighted by molar-refractivity contribution is -0.133. The number of rotatable bonds is 6. The Kier molecular flexibility index (Phi) is 6.93. The van der Waals surface area contributed by atoms with Crippen molar-refractivity contribution in [1.29, 1.82) is 0 Å². The molecule has 4 rings (SSSR count). The second-order valence-corrected chi connectivity index (χ2v) is 10.3. The molecule has 2 aliphatic rings. The van der Waals surface area contributed by atoms with Crippen LogP contribution in [0.15, 0.2) is 30.6 Å². The molecular formula is C25H34ClN5O2. The number of fused-ring (bicyclic) bond motifs is 1. The van der Waals surface area contributed by atoms with Gasteiger partial charge in [0, 0.05) is 49.4 Å². The Morgan fingerprint density at radius 2 is 1.88 bits per heavy atom. The van der Waals surface area contributed by atoms with Gasteiger partial charge >= 0.3 is 0 Å². The maximum absolute atomic E-state index is 13.5. The van der Waals surface area contributed by atoms with Crippen LogP contribution in [0.2, 0.25) is 5.02 Å². The number of piperazine rings is 1. The maximum Gasteiger partial charge on any atom is 0.231 e. The van der Waals surface area contributed by atoms with Crippen molar-refractivity contribution in [3.05, 3.63) is 52.4 Å². The number of benzene rings is 1. The molecule has 1 amide bonds. The average molecular weight is 472 g/mol. The molecule has 1 saturated heterocycles. The van der Waals surface area contributed by atoms with Gasteiger partial charge in [-0.15, -0.1) is 0 Å². The first-order chi connectivity index (χ1) is 15.7. The van der Waals surface area contributed by atoms with Crippen LogP contribution in [0.3, 0.4) is 0 Å². The monoisotopic (exact) mass is 471 g/mol. The maximum atomic E-state index is 13.5. The first-order valence-corrected chi connectivity index (χ1v) is 12.2. The van der Waals surface area contributed by atoms with Crippen molar-refractivity contribution in [1.82, 2.24) is 20.2 Å². The number of aromatic nitrogens is 2. The predicted molar refractivity (Wildman–Crippen MR) is 131 cm³/mol. The minimum atomic E-state index is -0.917. The summed E-state index contributed by atoms with van der Waals surface area (Å²) < 4.78 is 0. The Morgan fingerprint density at radius 3 is 2.52 bits per heavy atom. The SMILES string of the molecule is CC(C)NCC(C(=O)N1CCN(c2ncnc3c2[C@H](C)CC3(C)O)CC1)c1ccc(Cl)cc1. The van der Waals surface area contributed by atoms with E-state index in [0.29, 0.717) is 50.2 Å². The summed E-state index contributed by atoms with van der Waals surface area (Å²) in [6, 6.07) is 7.87. The molecule has 1 aromatic carbocycles. The third-order valence-corrected chi connectivity index (χ3v) is 7.01. The van der Waals surface area contributed by atoms with Crippen molar-refractivity contribution in [2.45, 2.75) is 57.6 Å². The van der Waals surface area contributed by atoms with Crippen molar-refractivity contribution in [3.63, 3.8) is 0 Å². The van der Waals surface area contributed by atoms with Crippen LogP contribution in [-0.2, 0) is 10.4 Å². The van der Waals surface area contributed by atoms with Crippen LogP contribution in [0.1, 0.15) is 62.8 Å². The zero-order valence-corrected chi connectivity index (χ0v) is 20.6. The first kappa shape index (κ1) is 23.9. The summed E-state index contributed by atoms with van der Waals surface area (Å²) in [7, 11) is 0. The Labute approximate surface area is 201 Å². The molecular weight excluding hydrogens is 438 g/mol. The topological polar surface area (TPSA) is 81.6 Å². The second kappa shape index (κ2) is 9.57. The Morgan fingerprint density at radius 1 is 1.21 bits per heavy atom. The summed E-state index contributed by atoms with van der Waals surface area (Å²) in [5, 5.41) is 14.8. The normalized spacial score (nSPS) is 23.7. The summed E-state index contributed by atoms with van der Waals surface area (Å²) >= 11 is 6.07. The van der Waals surface area contributed by atoms with Crippen molar-refractivity contribution < 1.29 is 9.90 Å². The number of carbonyl (C=O) groups is 1. The second-order valence-electron chi connectivity index (χ2n) is 9.82. The van der Waals surface area contributed by atoms with Gasteiger partial charge in [0.25, 0.3) is 0 Å². The zero-order valence-electron chi connectivity index (χ0n) is 19.9. The van der Waals surface area contributed by atoms with Crippen LogP contribution < -0.4 is 10.2 Å². The van der Waals surface area contributed by atoms with Gasteiger partial charge in [0.2, 0.25) is 5.91 Å². The molecule has 7 nitrogen and oxygen atoms in total. The van der Waals surface area contributed by atoms with Crippen LogP contribution in [0, 0.1) is 0 Å². The number of hydrogen-bond acceptors (Lipinski definition) is 6. The van der Waals surface area contributed by atoms with E-state index < -0.39 is 5.60 Å². The third-order valence-electron chi connectivity index (χ3n) is 6.76. The Balaban J connectivity index is 1.48. The molecule has 8 heteroatoms. The fourth-order valence-electron chi connectivity index (χ4n) is 5.07. The highest BCUT2D eigenvalue weighted by molar-refractivity contribution is 6.30. The number of halogens is 1. The third kappa shape index (κ3) is 5.00.